The number of rotatable bonds is 6. The van der Waals surface area contributed by atoms with E-state index in [9.17, 15) is 9.18 Å². The minimum absolute atomic E-state index is 0.0243. The van der Waals surface area contributed by atoms with E-state index in [1.807, 2.05) is 11.9 Å². The van der Waals surface area contributed by atoms with Gasteiger partial charge in [0.25, 0.3) is 0 Å². The van der Waals surface area contributed by atoms with Gasteiger partial charge in [-0.25, -0.2) is 9.37 Å². The third-order valence-electron chi connectivity index (χ3n) is 7.29. The van der Waals surface area contributed by atoms with Gasteiger partial charge in [-0.15, -0.1) is 0 Å². The van der Waals surface area contributed by atoms with Gasteiger partial charge >= 0.3 is 0 Å². The molecule has 0 radical (unpaired) electrons. The molecule has 2 aromatic heterocycles. The van der Waals surface area contributed by atoms with Crippen LogP contribution < -0.4 is 15.2 Å². The van der Waals surface area contributed by atoms with Gasteiger partial charge in [-0.1, -0.05) is 17.7 Å². The van der Waals surface area contributed by atoms with E-state index < -0.39 is 11.9 Å². The average molecular weight is 529 g/mol. The number of hydrogen-bond acceptors (Lipinski definition) is 7. The summed E-state index contributed by atoms with van der Waals surface area (Å²) in [6.45, 7) is 3.88. The van der Waals surface area contributed by atoms with Crippen molar-refractivity contribution in [3.05, 3.63) is 52.6 Å². The van der Waals surface area contributed by atoms with E-state index >= 15 is 0 Å². The quantitative estimate of drug-likeness (QED) is 0.478. The predicted molar refractivity (Wildman–Crippen MR) is 140 cm³/mol. The summed E-state index contributed by atoms with van der Waals surface area (Å²) in [6.07, 6.45) is 7.34. The van der Waals surface area contributed by atoms with Crippen molar-refractivity contribution in [2.75, 3.05) is 39.5 Å². The van der Waals surface area contributed by atoms with Gasteiger partial charge in [0, 0.05) is 24.8 Å². The number of nitrogens with two attached hydrogens (primary N) is 1. The number of aromatic nitrogens is 1. The van der Waals surface area contributed by atoms with E-state index in [0.717, 1.165) is 35.9 Å². The van der Waals surface area contributed by atoms with Crippen molar-refractivity contribution < 1.29 is 23.1 Å². The molecule has 2 atom stereocenters. The highest BCUT2D eigenvalue weighted by Gasteiger charge is 2.32. The van der Waals surface area contributed by atoms with Crippen LogP contribution in [-0.2, 0) is 4.79 Å². The summed E-state index contributed by atoms with van der Waals surface area (Å²) in [5, 5.41) is 0.663. The number of nitrogen functional groups attached to an aromatic ring is 1. The number of methoxy groups -OCH3 is 1. The number of anilines is 1. The summed E-state index contributed by atoms with van der Waals surface area (Å²) in [6, 6.07) is 2.72. The first kappa shape index (κ1) is 25.4. The second-order valence-electron chi connectivity index (χ2n) is 9.50. The lowest BCUT2D eigenvalue weighted by atomic mass is 9.99. The monoisotopic (exact) mass is 528 g/mol. The van der Waals surface area contributed by atoms with Crippen LogP contribution in [0.1, 0.15) is 43.4 Å². The average Bonchev–Trinajstić information content (AvgIpc) is 3.53. The van der Waals surface area contributed by atoms with Crippen LogP contribution in [0.3, 0.4) is 0 Å². The van der Waals surface area contributed by atoms with Gasteiger partial charge in [-0.2, -0.15) is 0 Å². The number of carbonyl (C=O) groups is 1. The van der Waals surface area contributed by atoms with Crippen molar-refractivity contribution in [2.45, 2.75) is 38.3 Å². The first-order valence-corrected chi connectivity index (χ1v) is 12.7. The molecule has 2 N–H and O–H groups in total. The number of benzene rings is 1. The number of hydrogen-bond donors (Lipinski definition) is 1. The van der Waals surface area contributed by atoms with Gasteiger partial charge in [0.15, 0.2) is 11.4 Å². The fourth-order valence-electron chi connectivity index (χ4n) is 5.23. The van der Waals surface area contributed by atoms with Crippen LogP contribution in [0.5, 0.6) is 11.5 Å². The van der Waals surface area contributed by atoms with Crippen molar-refractivity contribution in [3.8, 4) is 11.5 Å². The predicted octanol–water partition coefficient (Wildman–Crippen LogP) is 5.06. The Labute approximate surface area is 219 Å². The number of halogens is 2. The number of carbonyl (C=O) groups excluding carboxylic acids is 1. The van der Waals surface area contributed by atoms with E-state index in [4.69, 9.17) is 31.2 Å². The maximum Gasteiger partial charge on any atom is 0.240 e. The molecule has 1 unspecified atom stereocenters. The van der Waals surface area contributed by atoms with Crippen molar-refractivity contribution in [1.82, 2.24) is 14.8 Å². The highest BCUT2D eigenvalue weighted by atomic mass is 35.5. The fraction of sp³-hybridized carbons (Fsp3) is 0.407. The first-order chi connectivity index (χ1) is 17.8. The molecule has 196 valence electrons. The summed E-state index contributed by atoms with van der Waals surface area (Å²) >= 11 is 6.24. The van der Waals surface area contributed by atoms with Gasteiger partial charge in [0.05, 0.1) is 35.4 Å². The molecule has 0 aliphatic carbocycles. The molecule has 2 aliphatic heterocycles. The van der Waals surface area contributed by atoms with Crippen molar-refractivity contribution in [2.24, 2.45) is 0 Å². The van der Waals surface area contributed by atoms with Crippen molar-refractivity contribution in [1.29, 1.82) is 0 Å². The Morgan fingerprint density at radius 3 is 2.84 bits per heavy atom. The number of amides is 1. The zero-order chi connectivity index (χ0) is 26.3. The lowest BCUT2D eigenvalue weighted by Crippen LogP contribution is -2.45. The Balaban J connectivity index is 1.40. The van der Waals surface area contributed by atoms with Crippen LogP contribution in [0, 0.1) is 5.82 Å². The van der Waals surface area contributed by atoms with Crippen LogP contribution in [0.25, 0.3) is 16.5 Å². The lowest BCUT2D eigenvalue weighted by molar-refractivity contribution is -0.135. The molecule has 2 aliphatic rings. The minimum atomic E-state index is -0.705. The van der Waals surface area contributed by atoms with E-state index in [2.05, 4.69) is 16.0 Å². The topological polar surface area (TPSA) is 94.1 Å². The van der Waals surface area contributed by atoms with Crippen LogP contribution in [-0.4, -0.2) is 60.5 Å². The SMILES string of the molecule is COc1ccc(F)c(Cl)c1[C@@H](C)Oc1c(N)ncc2c(C3=CCN(C(=O)C4CCCN4C)CC3)coc12. The molecular formula is C27H30ClFN4O4. The van der Waals surface area contributed by atoms with E-state index in [1.54, 1.807) is 19.4 Å². The van der Waals surface area contributed by atoms with Crippen LogP contribution in [0.4, 0.5) is 10.2 Å². The molecule has 1 aromatic carbocycles. The Morgan fingerprint density at radius 1 is 1.35 bits per heavy atom. The molecule has 10 heteroatoms. The number of nitrogens with zero attached hydrogens (tertiary/aromatic N) is 3. The molecule has 0 spiro atoms. The fourth-order valence-corrected chi connectivity index (χ4v) is 5.54. The van der Waals surface area contributed by atoms with Crippen molar-refractivity contribution >= 4 is 39.9 Å². The third-order valence-corrected chi connectivity index (χ3v) is 7.67. The van der Waals surface area contributed by atoms with Crippen LogP contribution in [0.2, 0.25) is 5.02 Å². The van der Waals surface area contributed by atoms with Crippen LogP contribution in [0.15, 0.2) is 35.1 Å². The summed E-state index contributed by atoms with van der Waals surface area (Å²) in [4.78, 5) is 21.3. The van der Waals surface area contributed by atoms with Crippen LogP contribution >= 0.6 is 11.6 Å². The highest BCUT2D eigenvalue weighted by molar-refractivity contribution is 6.31. The second kappa shape index (κ2) is 10.2. The number of fused-ring (bicyclic) bond motifs is 1. The van der Waals surface area contributed by atoms with E-state index in [-0.39, 0.29) is 28.5 Å². The number of likely N-dealkylation sites (N-methyl/N-ethyl adjacent to an activating group) is 1. The first-order valence-electron chi connectivity index (χ1n) is 12.3. The molecule has 4 heterocycles. The smallest absolute Gasteiger partial charge is 0.240 e. The van der Waals surface area contributed by atoms with Gasteiger partial charge in [0.1, 0.15) is 17.7 Å². The molecule has 5 rings (SSSR count). The van der Waals surface area contributed by atoms with Gasteiger partial charge < -0.3 is 24.5 Å². The Kier molecular flexibility index (Phi) is 7.00. The second-order valence-corrected chi connectivity index (χ2v) is 9.88. The molecule has 8 nitrogen and oxygen atoms in total. The van der Waals surface area contributed by atoms with E-state index in [1.165, 1.54) is 19.2 Å². The van der Waals surface area contributed by atoms with Gasteiger partial charge in [-0.05, 0) is 57.5 Å². The number of ether oxygens (including phenoxy) is 2. The highest BCUT2D eigenvalue weighted by Crippen LogP contribution is 2.42. The maximum atomic E-state index is 14.2. The van der Waals surface area contributed by atoms with E-state index in [0.29, 0.717) is 36.4 Å². The van der Waals surface area contributed by atoms with Crippen molar-refractivity contribution in [3.63, 3.8) is 0 Å². The molecular weight excluding hydrogens is 499 g/mol. The largest absolute Gasteiger partial charge is 0.496 e. The maximum absolute atomic E-state index is 14.2. The molecule has 1 fully saturated rings. The standard InChI is InChI=1S/C27H30ClFN4O4/c1-15(22-21(35-3)7-6-19(29)23(22)28)37-25-24-17(13-31-26(25)30)18(14-36-24)16-8-11-33(12-9-16)27(34)20-5-4-10-32(20)2/h6-8,13-15,20H,4-5,9-12H2,1-3H3,(H2,30,31)/t15-,20?/m1/s1. The summed E-state index contributed by atoms with van der Waals surface area (Å²) in [5.41, 5.74) is 8.92. The molecule has 37 heavy (non-hydrogen) atoms. The summed E-state index contributed by atoms with van der Waals surface area (Å²) < 4.78 is 31.6. The number of likely N-dealkylation sites (tertiary alicyclic amines) is 1. The number of furan rings is 1. The minimum Gasteiger partial charge on any atom is -0.496 e. The Morgan fingerprint density at radius 2 is 2.16 bits per heavy atom. The number of pyridine rings is 1. The zero-order valence-corrected chi connectivity index (χ0v) is 21.8. The molecule has 0 saturated carbocycles. The molecule has 1 amide bonds. The molecule has 0 bridgehead atoms. The zero-order valence-electron chi connectivity index (χ0n) is 21.1. The normalized spacial score (nSPS) is 19.2. The molecule has 3 aromatic rings. The summed E-state index contributed by atoms with van der Waals surface area (Å²) in [7, 11) is 3.49. The molecule has 1 saturated heterocycles. The third kappa shape index (κ3) is 4.62. The van der Waals surface area contributed by atoms with Gasteiger partial charge in [-0.3, -0.25) is 9.69 Å². The summed E-state index contributed by atoms with van der Waals surface area (Å²) in [5.74, 6) is 0.401. The lowest BCUT2D eigenvalue weighted by Gasteiger charge is -2.30. The van der Waals surface area contributed by atoms with Gasteiger partial charge in [0.2, 0.25) is 11.7 Å². The Hall–Kier alpha value is -3.30. The Bertz CT molecular complexity index is 1370.